The van der Waals surface area contributed by atoms with E-state index >= 15 is 0 Å². The van der Waals surface area contributed by atoms with Gasteiger partial charge in [-0.25, -0.2) is 0 Å². The molecule has 3 nitrogen and oxygen atoms in total. The Bertz CT molecular complexity index is 405. The molecule has 0 radical (unpaired) electrons. The van der Waals surface area contributed by atoms with Gasteiger partial charge >= 0.3 is 0 Å². The zero-order valence-electron chi connectivity index (χ0n) is 7.37. The number of nitrogens with zero attached hydrogens (tertiary/aromatic N) is 2. The van der Waals surface area contributed by atoms with E-state index in [1.54, 1.807) is 11.3 Å². The fourth-order valence-electron chi connectivity index (χ4n) is 1.02. The number of hydrogen-bond donors (Lipinski definition) is 1. The van der Waals surface area contributed by atoms with Crippen LogP contribution in [0.25, 0.3) is 10.7 Å². The van der Waals surface area contributed by atoms with Gasteiger partial charge in [0.05, 0.1) is 4.88 Å². The third-order valence-corrected chi connectivity index (χ3v) is 3.45. The molecule has 0 unspecified atom stereocenters. The molecule has 2 aromatic rings. The minimum atomic E-state index is 0.835. The van der Waals surface area contributed by atoms with Crippen LogP contribution in [0.4, 0.5) is 5.13 Å². The van der Waals surface area contributed by atoms with Crippen molar-refractivity contribution in [2.45, 2.75) is 6.92 Å². The summed E-state index contributed by atoms with van der Waals surface area (Å²) in [7, 11) is 1.85. The summed E-state index contributed by atoms with van der Waals surface area (Å²) in [5.41, 5.74) is 1.24. The van der Waals surface area contributed by atoms with Crippen LogP contribution in [0.15, 0.2) is 11.4 Å². The zero-order chi connectivity index (χ0) is 9.26. The van der Waals surface area contributed by atoms with Gasteiger partial charge in [-0.05, 0) is 23.9 Å². The minimum Gasteiger partial charge on any atom is -0.363 e. The van der Waals surface area contributed by atoms with Crippen LogP contribution in [0.3, 0.4) is 0 Å². The summed E-state index contributed by atoms with van der Waals surface area (Å²) < 4.78 is 4.27. The van der Waals surface area contributed by atoms with Crippen molar-refractivity contribution < 1.29 is 0 Å². The second-order valence-electron chi connectivity index (χ2n) is 2.61. The SMILES string of the molecule is CNc1nc(-c2sccc2C)ns1. The van der Waals surface area contributed by atoms with E-state index in [1.165, 1.54) is 17.1 Å². The molecule has 0 spiro atoms. The smallest absolute Gasteiger partial charge is 0.202 e. The molecular weight excluding hydrogens is 202 g/mol. The third kappa shape index (κ3) is 1.57. The molecule has 0 aliphatic rings. The predicted molar refractivity (Wildman–Crippen MR) is 57.5 cm³/mol. The molecule has 0 saturated heterocycles. The molecule has 68 valence electrons. The molecule has 2 heterocycles. The molecule has 0 saturated carbocycles. The second-order valence-corrected chi connectivity index (χ2v) is 4.27. The van der Waals surface area contributed by atoms with E-state index in [0.717, 1.165) is 15.8 Å². The number of hydrogen-bond acceptors (Lipinski definition) is 5. The third-order valence-electron chi connectivity index (χ3n) is 1.71. The summed E-state index contributed by atoms with van der Waals surface area (Å²) in [6.07, 6.45) is 0. The molecule has 0 atom stereocenters. The standard InChI is InChI=1S/C8H9N3S2/c1-5-3-4-12-6(5)7-10-8(9-2)13-11-7/h3-4H,1-2H3,(H,9,10,11). The maximum atomic E-state index is 4.34. The fourth-order valence-corrected chi connectivity index (χ4v) is 2.46. The highest BCUT2D eigenvalue weighted by Gasteiger charge is 2.08. The lowest BCUT2D eigenvalue weighted by molar-refractivity contribution is 1.31. The maximum absolute atomic E-state index is 4.34. The first-order valence-electron chi connectivity index (χ1n) is 3.87. The van der Waals surface area contributed by atoms with Crippen LogP contribution < -0.4 is 5.32 Å². The normalized spacial score (nSPS) is 10.3. The van der Waals surface area contributed by atoms with Gasteiger partial charge in [-0.1, -0.05) is 0 Å². The van der Waals surface area contributed by atoms with Gasteiger partial charge in [0.25, 0.3) is 0 Å². The Labute approximate surface area is 84.6 Å². The zero-order valence-corrected chi connectivity index (χ0v) is 9.00. The number of aromatic nitrogens is 2. The quantitative estimate of drug-likeness (QED) is 0.829. The Morgan fingerprint density at radius 3 is 2.85 bits per heavy atom. The molecule has 5 heteroatoms. The predicted octanol–water partition coefficient (Wildman–Crippen LogP) is 2.62. The molecule has 0 aromatic carbocycles. The van der Waals surface area contributed by atoms with Crippen LogP contribution in [0.2, 0.25) is 0 Å². The van der Waals surface area contributed by atoms with Gasteiger partial charge in [0.15, 0.2) is 5.82 Å². The maximum Gasteiger partial charge on any atom is 0.202 e. The van der Waals surface area contributed by atoms with Gasteiger partial charge in [-0.15, -0.1) is 11.3 Å². The number of anilines is 1. The molecule has 0 aliphatic heterocycles. The summed E-state index contributed by atoms with van der Waals surface area (Å²) in [5, 5.41) is 5.90. The molecule has 1 N–H and O–H groups in total. The largest absolute Gasteiger partial charge is 0.363 e. The number of nitrogens with one attached hydrogen (secondary N) is 1. The van der Waals surface area contributed by atoms with Gasteiger partial charge in [0, 0.05) is 18.6 Å². The Morgan fingerprint density at radius 1 is 1.46 bits per heavy atom. The summed E-state index contributed by atoms with van der Waals surface area (Å²) in [6, 6.07) is 2.08. The first-order chi connectivity index (χ1) is 6.31. The molecule has 13 heavy (non-hydrogen) atoms. The molecule has 2 rings (SSSR count). The van der Waals surface area contributed by atoms with Crippen LogP contribution >= 0.6 is 22.9 Å². The lowest BCUT2D eigenvalue weighted by Crippen LogP contribution is -1.85. The van der Waals surface area contributed by atoms with Crippen molar-refractivity contribution in [1.29, 1.82) is 0 Å². The lowest BCUT2D eigenvalue weighted by Gasteiger charge is -1.90. The van der Waals surface area contributed by atoms with Crippen LogP contribution in [0.1, 0.15) is 5.56 Å². The lowest BCUT2D eigenvalue weighted by atomic mass is 10.3. The Balaban J connectivity index is 2.41. The first kappa shape index (κ1) is 8.65. The highest BCUT2D eigenvalue weighted by molar-refractivity contribution is 7.14. The highest BCUT2D eigenvalue weighted by atomic mass is 32.1. The van der Waals surface area contributed by atoms with Crippen LogP contribution in [-0.4, -0.2) is 16.4 Å². The molecule has 2 aromatic heterocycles. The van der Waals surface area contributed by atoms with Crippen LogP contribution in [-0.2, 0) is 0 Å². The summed E-state index contributed by atoms with van der Waals surface area (Å²) in [5.74, 6) is 0.835. The van der Waals surface area contributed by atoms with Crippen molar-refractivity contribution in [3.8, 4) is 10.7 Å². The first-order valence-corrected chi connectivity index (χ1v) is 5.52. The molecular formula is C8H9N3S2. The number of rotatable bonds is 2. The van der Waals surface area contributed by atoms with Crippen molar-refractivity contribution in [2.24, 2.45) is 0 Å². The van der Waals surface area contributed by atoms with E-state index in [9.17, 15) is 0 Å². The van der Waals surface area contributed by atoms with E-state index in [4.69, 9.17) is 0 Å². The fraction of sp³-hybridized carbons (Fsp3) is 0.250. The summed E-state index contributed by atoms with van der Waals surface area (Å²) in [4.78, 5) is 5.50. The van der Waals surface area contributed by atoms with Gasteiger partial charge in [0.2, 0.25) is 5.13 Å². The Kier molecular flexibility index (Phi) is 2.28. The minimum absolute atomic E-state index is 0.835. The topological polar surface area (TPSA) is 37.8 Å². The van der Waals surface area contributed by atoms with E-state index < -0.39 is 0 Å². The Morgan fingerprint density at radius 2 is 2.31 bits per heavy atom. The monoisotopic (exact) mass is 211 g/mol. The van der Waals surface area contributed by atoms with Crippen molar-refractivity contribution >= 4 is 28.0 Å². The number of aryl methyl sites for hydroxylation is 1. The van der Waals surface area contributed by atoms with E-state index in [2.05, 4.69) is 33.0 Å². The molecule has 0 bridgehead atoms. The summed E-state index contributed by atoms with van der Waals surface area (Å²) >= 11 is 3.07. The van der Waals surface area contributed by atoms with Gasteiger partial charge in [-0.2, -0.15) is 9.36 Å². The summed E-state index contributed by atoms with van der Waals surface area (Å²) in [6.45, 7) is 2.08. The van der Waals surface area contributed by atoms with Crippen molar-refractivity contribution in [3.05, 3.63) is 17.0 Å². The van der Waals surface area contributed by atoms with E-state index in [1.807, 2.05) is 7.05 Å². The average molecular weight is 211 g/mol. The van der Waals surface area contributed by atoms with Crippen LogP contribution in [0.5, 0.6) is 0 Å². The van der Waals surface area contributed by atoms with Crippen LogP contribution in [0, 0.1) is 6.92 Å². The highest BCUT2D eigenvalue weighted by Crippen LogP contribution is 2.28. The average Bonchev–Trinajstić information content (AvgIpc) is 2.71. The number of thiophene rings is 1. The molecule has 0 aliphatic carbocycles. The Hall–Kier alpha value is -0.940. The van der Waals surface area contributed by atoms with Gasteiger partial charge in [0.1, 0.15) is 0 Å². The molecule has 0 amide bonds. The van der Waals surface area contributed by atoms with Crippen molar-refractivity contribution in [3.63, 3.8) is 0 Å². The van der Waals surface area contributed by atoms with E-state index in [0.29, 0.717) is 0 Å². The van der Waals surface area contributed by atoms with E-state index in [-0.39, 0.29) is 0 Å². The second kappa shape index (κ2) is 3.43. The molecule has 0 fully saturated rings. The van der Waals surface area contributed by atoms with Gasteiger partial charge < -0.3 is 5.32 Å². The van der Waals surface area contributed by atoms with Crippen molar-refractivity contribution in [2.75, 3.05) is 12.4 Å². The van der Waals surface area contributed by atoms with Gasteiger partial charge in [-0.3, -0.25) is 0 Å². The van der Waals surface area contributed by atoms with Crippen molar-refractivity contribution in [1.82, 2.24) is 9.36 Å².